The third-order valence-electron chi connectivity index (χ3n) is 2.72. The zero-order valence-corrected chi connectivity index (χ0v) is 10.9. The molecule has 1 N–H and O–H groups in total. The predicted octanol–water partition coefficient (Wildman–Crippen LogP) is 0.794. The number of sulfone groups is 1. The summed E-state index contributed by atoms with van der Waals surface area (Å²) < 4.78 is 22.6. The number of rotatable bonds is 2. The van der Waals surface area contributed by atoms with Crippen LogP contribution in [0.1, 0.15) is 6.42 Å². The van der Waals surface area contributed by atoms with Crippen LogP contribution in [-0.4, -0.2) is 48.9 Å². The van der Waals surface area contributed by atoms with E-state index in [4.69, 9.17) is 0 Å². The average molecular weight is 275 g/mol. The molecule has 17 heavy (non-hydrogen) atoms. The predicted molar refractivity (Wildman–Crippen MR) is 66.0 cm³/mol. The summed E-state index contributed by atoms with van der Waals surface area (Å²) in [6, 6.07) is -0.554. The fourth-order valence-corrected chi connectivity index (χ4v) is 4.00. The maximum Gasteiger partial charge on any atom is 0.323 e. The van der Waals surface area contributed by atoms with Crippen LogP contribution in [0.3, 0.4) is 0 Å². The van der Waals surface area contributed by atoms with E-state index in [-0.39, 0.29) is 23.6 Å². The minimum Gasteiger partial charge on any atom is -0.323 e. The van der Waals surface area contributed by atoms with Crippen LogP contribution in [0, 0.1) is 0 Å². The monoisotopic (exact) mass is 275 g/mol. The third-order valence-corrected chi connectivity index (χ3v) is 5.16. The highest BCUT2D eigenvalue weighted by Gasteiger charge is 2.32. The number of carbonyl (C=O) groups excluding carboxylic acids is 1. The number of hydrogen-bond donors (Lipinski definition) is 1. The summed E-state index contributed by atoms with van der Waals surface area (Å²) in [4.78, 5) is 17.2. The van der Waals surface area contributed by atoms with Crippen LogP contribution in [0.15, 0.2) is 11.6 Å². The molecular weight excluding hydrogens is 262 g/mol. The lowest BCUT2D eigenvalue weighted by Crippen LogP contribution is -2.40. The first-order valence-electron chi connectivity index (χ1n) is 5.12. The molecule has 0 aliphatic carbocycles. The number of amides is 2. The molecule has 0 bridgehead atoms. The van der Waals surface area contributed by atoms with Gasteiger partial charge in [-0.25, -0.2) is 18.2 Å². The molecule has 0 saturated carbocycles. The Morgan fingerprint density at radius 2 is 2.41 bits per heavy atom. The summed E-state index contributed by atoms with van der Waals surface area (Å²) >= 11 is 1.32. The summed E-state index contributed by atoms with van der Waals surface area (Å²) in [5, 5.41) is 4.90. The van der Waals surface area contributed by atoms with Crippen molar-refractivity contribution in [3.05, 3.63) is 11.6 Å². The van der Waals surface area contributed by atoms with Gasteiger partial charge in [0.05, 0.1) is 11.5 Å². The molecule has 0 spiro atoms. The summed E-state index contributed by atoms with van der Waals surface area (Å²) in [5.74, 6) is 0.210. The second kappa shape index (κ2) is 4.61. The summed E-state index contributed by atoms with van der Waals surface area (Å²) in [5.41, 5.74) is 0. The van der Waals surface area contributed by atoms with Crippen molar-refractivity contribution in [2.24, 2.45) is 0 Å². The standard InChI is InChI=1S/C9H13N3O3S2/c1-12(7-2-5-17(14,15)6-7)9(13)11-8-10-3-4-16-8/h3-4,7H,2,5-6H2,1H3,(H,10,11,13). The van der Waals surface area contributed by atoms with E-state index in [0.29, 0.717) is 11.6 Å². The molecule has 8 heteroatoms. The molecule has 1 aromatic heterocycles. The Hall–Kier alpha value is -1.15. The minimum absolute atomic E-state index is 0.0504. The number of carbonyl (C=O) groups is 1. The number of hydrogen-bond acceptors (Lipinski definition) is 5. The van der Waals surface area contributed by atoms with Crippen LogP contribution in [-0.2, 0) is 9.84 Å². The third kappa shape index (κ3) is 2.95. The van der Waals surface area contributed by atoms with Gasteiger partial charge in [-0.1, -0.05) is 0 Å². The van der Waals surface area contributed by atoms with E-state index >= 15 is 0 Å². The maximum absolute atomic E-state index is 11.8. The molecule has 2 rings (SSSR count). The molecule has 1 aliphatic heterocycles. The van der Waals surface area contributed by atoms with Crippen LogP contribution >= 0.6 is 11.3 Å². The van der Waals surface area contributed by atoms with Gasteiger partial charge >= 0.3 is 6.03 Å². The summed E-state index contributed by atoms with van der Waals surface area (Å²) in [6.07, 6.45) is 2.10. The fraction of sp³-hybridized carbons (Fsp3) is 0.556. The van der Waals surface area contributed by atoms with Crippen molar-refractivity contribution in [2.45, 2.75) is 12.5 Å². The number of urea groups is 1. The molecule has 1 atom stereocenters. The first-order chi connectivity index (χ1) is 7.98. The van der Waals surface area contributed by atoms with E-state index in [1.807, 2.05) is 0 Å². The lowest BCUT2D eigenvalue weighted by atomic mass is 10.2. The van der Waals surface area contributed by atoms with E-state index in [2.05, 4.69) is 10.3 Å². The van der Waals surface area contributed by atoms with Crippen LogP contribution < -0.4 is 5.32 Å². The Balaban J connectivity index is 1.96. The molecule has 94 valence electrons. The smallest absolute Gasteiger partial charge is 0.323 e. The van der Waals surface area contributed by atoms with Gasteiger partial charge in [0.25, 0.3) is 0 Å². The van der Waals surface area contributed by atoms with E-state index < -0.39 is 9.84 Å². The number of aromatic nitrogens is 1. The number of nitrogens with one attached hydrogen (secondary N) is 1. The highest BCUT2D eigenvalue weighted by molar-refractivity contribution is 7.91. The van der Waals surface area contributed by atoms with Gasteiger partial charge in [0.15, 0.2) is 15.0 Å². The molecule has 1 fully saturated rings. The molecule has 1 unspecified atom stereocenters. The van der Waals surface area contributed by atoms with Crippen molar-refractivity contribution in [3.8, 4) is 0 Å². The van der Waals surface area contributed by atoms with Gasteiger partial charge in [0.1, 0.15) is 0 Å². The number of anilines is 1. The summed E-state index contributed by atoms with van der Waals surface area (Å²) in [7, 11) is -1.37. The van der Waals surface area contributed by atoms with Crippen LogP contribution in [0.5, 0.6) is 0 Å². The highest BCUT2D eigenvalue weighted by atomic mass is 32.2. The van der Waals surface area contributed by atoms with Crippen molar-refractivity contribution in [2.75, 3.05) is 23.9 Å². The zero-order chi connectivity index (χ0) is 12.5. The Morgan fingerprint density at radius 1 is 1.65 bits per heavy atom. The van der Waals surface area contributed by atoms with Crippen LogP contribution in [0.2, 0.25) is 0 Å². The highest BCUT2D eigenvalue weighted by Crippen LogP contribution is 2.18. The van der Waals surface area contributed by atoms with Crippen molar-refractivity contribution in [3.63, 3.8) is 0 Å². The topological polar surface area (TPSA) is 79.4 Å². The Bertz CT molecular complexity index is 498. The normalized spacial score (nSPS) is 22.3. The van der Waals surface area contributed by atoms with Crippen LogP contribution in [0.4, 0.5) is 9.93 Å². The van der Waals surface area contributed by atoms with Gasteiger partial charge in [-0.3, -0.25) is 5.32 Å². The average Bonchev–Trinajstić information content (AvgIpc) is 2.86. The van der Waals surface area contributed by atoms with Gasteiger partial charge in [-0.05, 0) is 6.42 Å². The Morgan fingerprint density at radius 3 is 2.94 bits per heavy atom. The molecule has 6 nitrogen and oxygen atoms in total. The van der Waals surface area contributed by atoms with Gasteiger partial charge in [-0.15, -0.1) is 11.3 Å². The number of thiazole rings is 1. The maximum atomic E-state index is 11.8. The van der Waals surface area contributed by atoms with Gasteiger partial charge in [-0.2, -0.15) is 0 Å². The van der Waals surface area contributed by atoms with Crippen LogP contribution in [0.25, 0.3) is 0 Å². The molecule has 0 radical (unpaired) electrons. The van der Waals surface area contributed by atoms with Gasteiger partial charge < -0.3 is 4.90 Å². The second-order valence-corrected chi connectivity index (χ2v) is 7.06. The van der Waals surface area contributed by atoms with Crippen molar-refractivity contribution in [1.29, 1.82) is 0 Å². The van der Waals surface area contributed by atoms with E-state index in [9.17, 15) is 13.2 Å². The first-order valence-corrected chi connectivity index (χ1v) is 7.82. The largest absolute Gasteiger partial charge is 0.323 e. The van der Waals surface area contributed by atoms with Gasteiger partial charge in [0, 0.05) is 24.7 Å². The van der Waals surface area contributed by atoms with Crippen molar-refractivity contribution >= 4 is 32.3 Å². The van der Waals surface area contributed by atoms with Crippen molar-refractivity contribution in [1.82, 2.24) is 9.88 Å². The van der Waals surface area contributed by atoms with E-state index in [1.54, 1.807) is 18.6 Å². The Kier molecular flexibility index (Phi) is 3.34. The lowest BCUT2D eigenvalue weighted by molar-refractivity contribution is 0.209. The SMILES string of the molecule is CN(C(=O)Nc1nccs1)C1CCS(=O)(=O)C1. The fourth-order valence-electron chi connectivity index (χ4n) is 1.71. The molecule has 2 heterocycles. The van der Waals surface area contributed by atoms with E-state index in [0.717, 1.165) is 0 Å². The number of nitrogens with zero attached hydrogens (tertiary/aromatic N) is 2. The molecule has 1 aromatic rings. The van der Waals surface area contributed by atoms with Gasteiger partial charge in [0.2, 0.25) is 0 Å². The summed E-state index contributed by atoms with van der Waals surface area (Å²) in [6.45, 7) is 0. The molecule has 1 saturated heterocycles. The lowest BCUT2D eigenvalue weighted by Gasteiger charge is -2.22. The molecular formula is C9H13N3O3S2. The Labute approximate surface area is 104 Å². The molecule has 0 aromatic carbocycles. The van der Waals surface area contributed by atoms with E-state index in [1.165, 1.54) is 16.2 Å². The van der Waals surface area contributed by atoms with Crippen molar-refractivity contribution < 1.29 is 13.2 Å². The minimum atomic E-state index is -2.97. The molecule has 1 aliphatic rings. The quantitative estimate of drug-likeness (QED) is 0.865. The second-order valence-electron chi connectivity index (χ2n) is 3.94. The molecule has 2 amide bonds. The zero-order valence-electron chi connectivity index (χ0n) is 9.29. The first kappa shape index (κ1) is 12.3.